The average Bonchev–Trinajstić information content (AvgIpc) is 2.48. The molecule has 3 heteroatoms. The molecule has 2 aromatic rings. The van der Waals surface area contributed by atoms with E-state index >= 15 is 0 Å². The molecule has 1 amide bonds. The van der Waals surface area contributed by atoms with Crippen molar-refractivity contribution >= 4 is 18.3 Å². The zero-order chi connectivity index (χ0) is 13.5. The maximum atomic E-state index is 11.9. The van der Waals surface area contributed by atoms with Crippen LogP contribution in [0.5, 0.6) is 0 Å². The topological polar surface area (TPSA) is 46.2 Å². The zero-order valence-corrected chi connectivity index (χ0v) is 10.2. The fourth-order valence-corrected chi connectivity index (χ4v) is 1.62. The highest BCUT2D eigenvalue weighted by atomic mass is 16.2. The molecule has 3 nitrogen and oxygen atoms in total. The molecule has 0 spiro atoms. The number of rotatable bonds is 4. The first kappa shape index (κ1) is 12.8. The molecule has 0 aliphatic heterocycles. The molecule has 0 aliphatic carbocycles. The number of amides is 1. The van der Waals surface area contributed by atoms with Gasteiger partial charge in [0.1, 0.15) is 0 Å². The predicted molar refractivity (Wildman–Crippen MR) is 74.4 cm³/mol. The van der Waals surface area contributed by atoms with Crippen LogP contribution in [0.4, 0.5) is 0 Å². The van der Waals surface area contributed by atoms with Crippen LogP contribution in [-0.4, -0.2) is 12.2 Å². The van der Waals surface area contributed by atoms with E-state index in [9.17, 15) is 9.59 Å². The maximum absolute atomic E-state index is 11.9. The molecule has 0 aliphatic rings. The van der Waals surface area contributed by atoms with E-state index < -0.39 is 0 Å². The molecule has 0 unspecified atom stereocenters. The second-order valence-corrected chi connectivity index (χ2v) is 3.95. The van der Waals surface area contributed by atoms with Crippen molar-refractivity contribution < 1.29 is 9.59 Å². The molecule has 0 bridgehead atoms. The van der Waals surface area contributed by atoms with Crippen molar-refractivity contribution in [1.29, 1.82) is 0 Å². The average molecular weight is 251 g/mol. The summed E-state index contributed by atoms with van der Waals surface area (Å²) in [5.41, 5.74) is 1.61. The Balaban J connectivity index is 2.14. The largest absolute Gasteiger partial charge is 0.319 e. The highest BCUT2D eigenvalue weighted by Crippen LogP contribution is 2.05. The lowest BCUT2D eigenvalue weighted by Gasteiger charge is -2.04. The van der Waals surface area contributed by atoms with E-state index in [0.29, 0.717) is 11.8 Å². The monoisotopic (exact) mass is 251 g/mol. The lowest BCUT2D eigenvalue weighted by atomic mass is 10.2. The Morgan fingerprint density at radius 3 is 2.05 bits per heavy atom. The molecule has 0 saturated carbocycles. The van der Waals surface area contributed by atoms with Crippen molar-refractivity contribution in [1.82, 2.24) is 5.32 Å². The molecule has 2 rings (SSSR count). The molecule has 0 atom stereocenters. The van der Waals surface area contributed by atoms with Gasteiger partial charge in [0.15, 0.2) is 6.29 Å². The molecule has 94 valence electrons. The van der Waals surface area contributed by atoms with Gasteiger partial charge in [-0.05, 0) is 23.8 Å². The Labute approximate surface area is 111 Å². The Hall–Kier alpha value is -2.68. The van der Waals surface area contributed by atoms with Crippen molar-refractivity contribution in [2.45, 2.75) is 0 Å². The van der Waals surface area contributed by atoms with Gasteiger partial charge in [-0.3, -0.25) is 9.59 Å². The van der Waals surface area contributed by atoms with Gasteiger partial charge in [-0.2, -0.15) is 0 Å². The van der Waals surface area contributed by atoms with Crippen molar-refractivity contribution in [2.24, 2.45) is 0 Å². The number of hydrogen-bond acceptors (Lipinski definition) is 2. The van der Waals surface area contributed by atoms with Crippen LogP contribution in [0.3, 0.4) is 0 Å². The molecule has 0 aromatic heterocycles. The zero-order valence-electron chi connectivity index (χ0n) is 10.2. The van der Waals surface area contributed by atoms with Gasteiger partial charge >= 0.3 is 0 Å². The number of hydrogen-bond donors (Lipinski definition) is 1. The van der Waals surface area contributed by atoms with Gasteiger partial charge in [0.05, 0.1) is 5.70 Å². The van der Waals surface area contributed by atoms with E-state index in [4.69, 9.17) is 0 Å². The molecular weight excluding hydrogens is 238 g/mol. The van der Waals surface area contributed by atoms with E-state index in [2.05, 4.69) is 5.32 Å². The van der Waals surface area contributed by atoms with Gasteiger partial charge in [0.2, 0.25) is 0 Å². The molecule has 0 saturated heterocycles. The van der Waals surface area contributed by atoms with Gasteiger partial charge in [-0.1, -0.05) is 48.5 Å². The van der Waals surface area contributed by atoms with Crippen LogP contribution in [0.15, 0.2) is 66.4 Å². The van der Waals surface area contributed by atoms with Crippen molar-refractivity contribution in [2.75, 3.05) is 0 Å². The SMILES string of the molecule is O=C/C(=C/c1ccccc1)NC(=O)c1ccccc1. The van der Waals surface area contributed by atoms with E-state index in [-0.39, 0.29) is 11.6 Å². The Morgan fingerprint density at radius 1 is 0.895 bits per heavy atom. The quantitative estimate of drug-likeness (QED) is 0.670. The maximum Gasteiger partial charge on any atom is 0.255 e. The second-order valence-electron chi connectivity index (χ2n) is 3.95. The minimum Gasteiger partial charge on any atom is -0.319 e. The Morgan fingerprint density at radius 2 is 1.47 bits per heavy atom. The summed E-state index contributed by atoms with van der Waals surface area (Å²) in [6.07, 6.45) is 2.27. The third-order valence-corrected chi connectivity index (χ3v) is 2.54. The number of nitrogens with one attached hydrogen (secondary N) is 1. The summed E-state index contributed by atoms with van der Waals surface area (Å²) in [6.45, 7) is 0. The van der Waals surface area contributed by atoms with Gasteiger partial charge < -0.3 is 5.32 Å². The summed E-state index contributed by atoms with van der Waals surface area (Å²) in [6, 6.07) is 18.1. The first-order valence-corrected chi connectivity index (χ1v) is 5.88. The van der Waals surface area contributed by atoms with Crippen molar-refractivity contribution in [3.63, 3.8) is 0 Å². The van der Waals surface area contributed by atoms with Crippen LogP contribution in [0, 0.1) is 0 Å². The highest BCUT2D eigenvalue weighted by Gasteiger charge is 2.06. The molecule has 19 heavy (non-hydrogen) atoms. The smallest absolute Gasteiger partial charge is 0.255 e. The summed E-state index contributed by atoms with van der Waals surface area (Å²) >= 11 is 0. The van der Waals surface area contributed by atoms with Crippen molar-refractivity contribution in [3.8, 4) is 0 Å². The Bertz CT molecular complexity index is 589. The lowest BCUT2D eigenvalue weighted by molar-refractivity contribution is -0.105. The number of carbonyl (C=O) groups is 2. The molecule has 2 aromatic carbocycles. The first-order chi connectivity index (χ1) is 9.29. The van der Waals surface area contributed by atoms with Crippen LogP contribution in [0.1, 0.15) is 15.9 Å². The van der Waals surface area contributed by atoms with E-state index in [1.807, 2.05) is 36.4 Å². The van der Waals surface area contributed by atoms with Crippen LogP contribution in [0.2, 0.25) is 0 Å². The fraction of sp³-hybridized carbons (Fsp3) is 0. The van der Waals surface area contributed by atoms with Gasteiger partial charge in [-0.25, -0.2) is 0 Å². The van der Waals surface area contributed by atoms with Gasteiger partial charge in [0.25, 0.3) is 5.91 Å². The van der Waals surface area contributed by atoms with Gasteiger partial charge in [0, 0.05) is 5.56 Å². The number of aldehydes is 1. The lowest BCUT2D eigenvalue weighted by Crippen LogP contribution is -2.23. The summed E-state index contributed by atoms with van der Waals surface area (Å²) in [5, 5.41) is 2.59. The minimum atomic E-state index is -0.296. The third kappa shape index (κ3) is 3.64. The normalized spacial score (nSPS) is 10.8. The van der Waals surface area contributed by atoms with Gasteiger partial charge in [-0.15, -0.1) is 0 Å². The molecule has 0 heterocycles. The number of carbonyl (C=O) groups excluding carboxylic acids is 2. The van der Waals surface area contributed by atoms with E-state index in [1.54, 1.807) is 30.3 Å². The summed E-state index contributed by atoms with van der Waals surface area (Å²) in [5.74, 6) is -0.296. The van der Waals surface area contributed by atoms with Crippen LogP contribution in [-0.2, 0) is 4.79 Å². The van der Waals surface area contributed by atoms with Crippen LogP contribution in [0.25, 0.3) is 6.08 Å². The summed E-state index contributed by atoms with van der Waals surface area (Å²) in [4.78, 5) is 22.9. The number of allylic oxidation sites excluding steroid dienone is 1. The third-order valence-electron chi connectivity index (χ3n) is 2.54. The summed E-state index contributed by atoms with van der Waals surface area (Å²) in [7, 11) is 0. The highest BCUT2D eigenvalue weighted by molar-refractivity contribution is 5.99. The Kier molecular flexibility index (Phi) is 4.24. The van der Waals surface area contributed by atoms with Crippen LogP contribution < -0.4 is 5.32 Å². The predicted octanol–water partition coefficient (Wildman–Crippen LogP) is 2.66. The second kappa shape index (κ2) is 6.31. The summed E-state index contributed by atoms with van der Waals surface area (Å²) < 4.78 is 0. The fourth-order valence-electron chi connectivity index (χ4n) is 1.62. The van der Waals surface area contributed by atoms with E-state index in [0.717, 1.165) is 5.56 Å². The minimum absolute atomic E-state index is 0.236. The molecule has 0 fully saturated rings. The standard InChI is InChI=1S/C16H13NO2/c18-12-15(11-13-7-3-1-4-8-13)17-16(19)14-9-5-2-6-10-14/h1-12H,(H,17,19)/b15-11-. The molecule has 0 radical (unpaired) electrons. The van der Waals surface area contributed by atoms with Crippen LogP contribution >= 0.6 is 0 Å². The first-order valence-electron chi connectivity index (χ1n) is 5.88. The van der Waals surface area contributed by atoms with Crippen molar-refractivity contribution in [3.05, 3.63) is 77.5 Å². The number of benzene rings is 2. The molecule has 1 N–H and O–H groups in total. The molecular formula is C16H13NO2. The van der Waals surface area contributed by atoms with E-state index in [1.165, 1.54) is 0 Å².